The Hall–Kier alpha value is -1.23. The monoisotopic (exact) mass is 316 g/mol. The topological polar surface area (TPSA) is 33.4 Å². The zero-order chi connectivity index (χ0) is 14.9. The van der Waals surface area contributed by atoms with Crippen molar-refractivity contribution >= 4 is 23.1 Å². The third kappa shape index (κ3) is 2.60. The highest BCUT2D eigenvalue weighted by molar-refractivity contribution is 7.98. The number of thioether (sulfide) groups is 1. The van der Waals surface area contributed by atoms with Crippen molar-refractivity contribution in [1.29, 1.82) is 0 Å². The van der Waals surface area contributed by atoms with Crippen molar-refractivity contribution in [3.8, 4) is 0 Å². The van der Waals surface area contributed by atoms with E-state index in [4.69, 9.17) is 10.1 Å². The van der Waals surface area contributed by atoms with Crippen molar-refractivity contribution in [2.75, 3.05) is 30.0 Å². The van der Waals surface area contributed by atoms with E-state index in [0.717, 1.165) is 24.8 Å². The Labute approximate surface area is 136 Å². The van der Waals surface area contributed by atoms with Crippen molar-refractivity contribution in [2.24, 2.45) is 5.92 Å². The molecule has 0 bridgehead atoms. The minimum Gasteiger partial charge on any atom is -0.355 e. The maximum absolute atomic E-state index is 4.79. The molecule has 2 aromatic heterocycles. The predicted molar refractivity (Wildman–Crippen MR) is 92.9 cm³/mol. The first-order chi connectivity index (χ1) is 10.8. The second-order valence-electron chi connectivity index (χ2n) is 6.69. The normalized spacial score (nSPS) is 23.0. The second-order valence-corrected chi connectivity index (χ2v) is 7.60. The van der Waals surface area contributed by atoms with E-state index in [1.54, 1.807) is 0 Å². The Bertz CT molecular complexity index is 647. The van der Waals surface area contributed by atoms with Crippen molar-refractivity contribution in [1.82, 2.24) is 14.6 Å². The average Bonchev–Trinajstić information content (AvgIpc) is 2.89. The molecule has 1 aliphatic heterocycles. The SMILES string of the molecule is CSCC1CCCN(c2nccn3nc(C4CCC4)cc23)C1. The van der Waals surface area contributed by atoms with E-state index in [-0.39, 0.29) is 0 Å². The van der Waals surface area contributed by atoms with Crippen LogP contribution in [0.25, 0.3) is 5.52 Å². The molecule has 1 atom stereocenters. The molecule has 2 fully saturated rings. The molecule has 22 heavy (non-hydrogen) atoms. The quantitative estimate of drug-likeness (QED) is 0.863. The van der Waals surface area contributed by atoms with Crippen molar-refractivity contribution in [2.45, 2.75) is 38.0 Å². The third-order valence-corrected chi connectivity index (χ3v) is 5.94. The summed E-state index contributed by atoms with van der Waals surface area (Å²) in [6.07, 6.45) is 12.7. The van der Waals surface area contributed by atoms with Crippen LogP contribution in [-0.2, 0) is 0 Å². The van der Waals surface area contributed by atoms with E-state index in [1.807, 2.05) is 28.7 Å². The molecule has 1 aliphatic carbocycles. The van der Waals surface area contributed by atoms with E-state index in [0.29, 0.717) is 5.92 Å². The van der Waals surface area contributed by atoms with Gasteiger partial charge in [0.2, 0.25) is 0 Å². The van der Waals surface area contributed by atoms with Gasteiger partial charge in [-0.2, -0.15) is 16.9 Å². The van der Waals surface area contributed by atoms with Crippen LogP contribution in [0.4, 0.5) is 5.82 Å². The van der Waals surface area contributed by atoms with Gasteiger partial charge in [0.05, 0.1) is 5.69 Å². The van der Waals surface area contributed by atoms with E-state index in [1.165, 1.54) is 49.1 Å². The van der Waals surface area contributed by atoms with E-state index >= 15 is 0 Å². The zero-order valence-electron chi connectivity index (χ0n) is 13.2. The first kappa shape index (κ1) is 14.4. The molecule has 0 spiro atoms. The van der Waals surface area contributed by atoms with E-state index < -0.39 is 0 Å². The zero-order valence-corrected chi connectivity index (χ0v) is 14.1. The van der Waals surface area contributed by atoms with E-state index in [9.17, 15) is 0 Å². The van der Waals surface area contributed by atoms with Crippen molar-refractivity contribution in [3.05, 3.63) is 24.2 Å². The number of hydrogen-bond acceptors (Lipinski definition) is 4. The highest BCUT2D eigenvalue weighted by atomic mass is 32.2. The Balaban J connectivity index is 1.64. The summed E-state index contributed by atoms with van der Waals surface area (Å²) in [6.45, 7) is 2.26. The minimum atomic E-state index is 0.679. The molecule has 3 heterocycles. The smallest absolute Gasteiger partial charge is 0.154 e. The van der Waals surface area contributed by atoms with Gasteiger partial charge in [0.25, 0.3) is 0 Å². The Morgan fingerprint density at radius 1 is 1.27 bits per heavy atom. The molecule has 0 radical (unpaired) electrons. The lowest BCUT2D eigenvalue weighted by atomic mass is 9.83. The molecular formula is C17H24N4S. The fraction of sp³-hybridized carbons (Fsp3) is 0.647. The molecule has 0 amide bonds. The molecule has 4 rings (SSSR count). The van der Waals surface area contributed by atoms with Crippen molar-refractivity contribution < 1.29 is 0 Å². The first-order valence-corrected chi connectivity index (χ1v) is 9.82. The second kappa shape index (κ2) is 6.11. The van der Waals surface area contributed by atoms with Crippen molar-refractivity contribution in [3.63, 3.8) is 0 Å². The van der Waals surface area contributed by atoms with Crippen LogP contribution in [0.3, 0.4) is 0 Å². The van der Waals surface area contributed by atoms with Crippen LogP contribution in [0.5, 0.6) is 0 Å². The van der Waals surface area contributed by atoms with Gasteiger partial charge in [0.1, 0.15) is 5.52 Å². The molecule has 0 aromatic carbocycles. The number of rotatable bonds is 4. The summed E-state index contributed by atoms with van der Waals surface area (Å²) < 4.78 is 2.04. The lowest BCUT2D eigenvalue weighted by molar-refractivity contribution is 0.409. The molecule has 4 nitrogen and oxygen atoms in total. The summed E-state index contributed by atoms with van der Waals surface area (Å²) in [5, 5.41) is 4.79. The lowest BCUT2D eigenvalue weighted by Gasteiger charge is -2.33. The van der Waals surface area contributed by atoms with Gasteiger partial charge in [0.15, 0.2) is 5.82 Å². The van der Waals surface area contributed by atoms with Crippen LogP contribution in [0.2, 0.25) is 0 Å². The van der Waals surface area contributed by atoms with Gasteiger partial charge < -0.3 is 4.90 Å². The molecule has 2 aromatic rings. The molecule has 1 unspecified atom stereocenters. The highest BCUT2D eigenvalue weighted by Gasteiger charge is 2.25. The minimum absolute atomic E-state index is 0.679. The number of hydrogen-bond donors (Lipinski definition) is 0. The van der Waals surface area contributed by atoms with Gasteiger partial charge in [-0.1, -0.05) is 6.42 Å². The molecule has 5 heteroatoms. The predicted octanol–water partition coefficient (Wildman–Crippen LogP) is 3.58. The highest BCUT2D eigenvalue weighted by Crippen LogP contribution is 2.37. The largest absolute Gasteiger partial charge is 0.355 e. The third-order valence-electron chi connectivity index (χ3n) is 5.13. The summed E-state index contributed by atoms with van der Waals surface area (Å²) in [5.74, 6) is 3.86. The number of aromatic nitrogens is 3. The Morgan fingerprint density at radius 3 is 2.95 bits per heavy atom. The first-order valence-electron chi connectivity index (χ1n) is 8.43. The van der Waals surface area contributed by atoms with Crippen LogP contribution in [-0.4, -0.2) is 39.7 Å². The van der Waals surface area contributed by atoms with Crippen LogP contribution < -0.4 is 4.90 Å². The van der Waals surface area contributed by atoms with Crippen LogP contribution in [0, 0.1) is 5.92 Å². The number of anilines is 1. The van der Waals surface area contributed by atoms with Crippen LogP contribution in [0.1, 0.15) is 43.7 Å². The molecule has 1 saturated carbocycles. The Kier molecular flexibility index (Phi) is 3.99. The molecular weight excluding hydrogens is 292 g/mol. The van der Waals surface area contributed by atoms with Crippen LogP contribution in [0.15, 0.2) is 18.5 Å². The summed E-state index contributed by atoms with van der Waals surface area (Å²) in [7, 11) is 0. The Morgan fingerprint density at radius 2 is 2.18 bits per heavy atom. The fourth-order valence-electron chi connectivity index (χ4n) is 3.70. The molecule has 0 N–H and O–H groups in total. The summed E-state index contributed by atoms with van der Waals surface area (Å²) >= 11 is 1.96. The van der Waals surface area contributed by atoms with Gasteiger partial charge in [-0.25, -0.2) is 9.50 Å². The number of piperidine rings is 1. The van der Waals surface area contributed by atoms with Gasteiger partial charge in [0, 0.05) is 31.4 Å². The molecule has 118 valence electrons. The maximum Gasteiger partial charge on any atom is 0.154 e. The molecule has 2 aliphatic rings. The maximum atomic E-state index is 4.79. The standard InChI is InChI=1S/C17H24N4S/c1-22-12-13-4-3-8-20(11-13)17-16-10-15(14-5-2-6-14)19-21(16)9-7-18-17/h7,9-10,13-14H,2-6,8,11-12H2,1H3. The summed E-state index contributed by atoms with van der Waals surface area (Å²) in [6, 6.07) is 2.28. The molecule has 1 saturated heterocycles. The lowest BCUT2D eigenvalue weighted by Crippen LogP contribution is -2.37. The van der Waals surface area contributed by atoms with Crippen LogP contribution >= 0.6 is 11.8 Å². The van der Waals surface area contributed by atoms with Gasteiger partial charge >= 0.3 is 0 Å². The fourth-order valence-corrected chi connectivity index (χ4v) is 4.45. The van der Waals surface area contributed by atoms with Gasteiger partial charge in [-0.15, -0.1) is 0 Å². The summed E-state index contributed by atoms with van der Waals surface area (Å²) in [5.41, 5.74) is 2.45. The number of nitrogens with zero attached hydrogens (tertiary/aromatic N) is 4. The average molecular weight is 316 g/mol. The van der Waals surface area contributed by atoms with Gasteiger partial charge in [-0.05, 0) is 49.7 Å². The van der Waals surface area contributed by atoms with Gasteiger partial charge in [-0.3, -0.25) is 0 Å². The summed E-state index contributed by atoms with van der Waals surface area (Å²) in [4.78, 5) is 7.18. The number of fused-ring (bicyclic) bond motifs is 1. The van der Waals surface area contributed by atoms with E-state index in [2.05, 4.69) is 17.2 Å².